The van der Waals surface area contributed by atoms with E-state index in [9.17, 15) is 4.79 Å². The molecular weight excluding hydrogens is 254 g/mol. The molecular formula is C16H21NO3. The first-order valence-corrected chi connectivity index (χ1v) is 7.41. The van der Waals surface area contributed by atoms with Gasteiger partial charge in [-0.25, -0.2) is 0 Å². The van der Waals surface area contributed by atoms with Crippen molar-refractivity contribution in [3.05, 3.63) is 24.3 Å². The van der Waals surface area contributed by atoms with Crippen molar-refractivity contribution < 1.29 is 14.3 Å². The molecule has 0 aliphatic carbocycles. The van der Waals surface area contributed by atoms with Gasteiger partial charge in [0.1, 0.15) is 6.61 Å². The highest BCUT2D eigenvalue weighted by Crippen LogP contribution is 2.31. The standard InChI is InChI=1S/C16H21NO3/c1-12-5-4-9-17(10-8-12)16(18)15-11-19-13-6-2-3-7-14(13)20-15/h2-3,6-7,12,15H,4-5,8-11H2,1H3/t12-,15?/m1/s1. The third-order valence-corrected chi connectivity index (χ3v) is 4.11. The molecule has 1 saturated heterocycles. The van der Waals surface area contributed by atoms with Crippen LogP contribution in [0.4, 0.5) is 0 Å². The number of carbonyl (C=O) groups is 1. The van der Waals surface area contributed by atoms with Crippen molar-refractivity contribution in [2.75, 3.05) is 19.7 Å². The summed E-state index contributed by atoms with van der Waals surface area (Å²) in [4.78, 5) is 14.5. The summed E-state index contributed by atoms with van der Waals surface area (Å²) in [6.07, 6.45) is 2.86. The van der Waals surface area contributed by atoms with Crippen LogP contribution in [0.15, 0.2) is 24.3 Å². The molecule has 2 heterocycles. The number of hydrogen-bond acceptors (Lipinski definition) is 3. The van der Waals surface area contributed by atoms with Gasteiger partial charge in [0.2, 0.25) is 6.10 Å². The lowest BCUT2D eigenvalue weighted by molar-refractivity contribution is -0.141. The largest absolute Gasteiger partial charge is 0.485 e. The number of nitrogens with zero attached hydrogens (tertiary/aromatic N) is 1. The lowest BCUT2D eigenvalue weighted by Gasteiger charge is -2.30. The van der Waals surface area contributed by atoms with Crippen molar-refractivity contribution in [1.29, 1.82) is 0 Å². The van der Waals surface area contributed by atoms with E-state index in [0.717, 1.165) is 31.7 Å². The molecule has 0 bridgehead atoms. The fourth-order valence-electron chi connectivity index (χ4n) is 2.83. The van der Waals surface area contributed by atoms with Crippen molar-refractivity contribution in [3.8, 4) is 11.5 Å². The molecule has 2 aliphatic heterocycles. The second-order valence-electron chi connectivity index (χ2n) is 5.73. The van der Waals surface area contributed by atoms with E-state index in [1.165, 1.54) is 6.42 Å². The van der Waals surface area contributed by atoms with Crippen LogP contribution in [0, 0.1) is 5.92 Å². The number of rotatable bonds is 1. The summed E-state index contributed by atoms with van der Waals surface area (Å²) in [6, 6.07) is 7.51. The molecule has 0 spiro atoms. The zero-order valence-corrected chi connectivity index (χ0v) is 11.9. The minimum Gasteiger partial charge on any atom is -0.485 e. The van der Waals surface area contributed by atoms with Gasteiger partial charge >= 0.3 is 0 Å². The molecule has 1 aromatic carbocycles. The highest BCUT2D eigenvalue weighted by molar-refractivity contribution is 5.82. The lowest BCUT2D eigenvalue weighted by atomic mass is 10.0. The summed E-state index contributed by atoms with van der Waals surface area (Å²) in [6.45, 7) is 4.23. The Hall–Kier alpha value is -1.71. The molecule has 4 nitrogen and oxygen atoms in total. The maximum Gasteiger partial charge on any atom is 0.267 e. The molecule has 108 valence electrons. The maximum absolute atomic E-state index is 12.5. The van der Waals surface area contributed by atoms with Gasteiger partial charge in [-0.1, -0.05) is 19.1 Å². The van der Waals surface area contributed by atoms with Gasteiger partial charge in [0.25, 0.3) is 5.91 Å². The van der Waals surface area contributed by atoms with Gasteiger partial charge in [-0.15, -0.1) is 0 Å². The fraction of sp³-hybridized carbons (Fsp3) is 0.562. The van der Waals surface area contributed by atoms with Gasteiger partial charge in [0.15, 0.2) is 11.5 Å². The number of ether oxygens (including phenoxy) is 2. The minimum atomic E-state index is -0.502. The molecule has 0 radical (unpaired) electrons. The van der Waals surface area contributed by atoms with E-state index in [0.29, 0.717) is 18.3 Å². The monoisotopic (exact) mass is 275 g/mol. The van der Waals surface area contributed by atoms with E-state index >= 15 is 0 Å². The third kappa shape index (κ3) is 2.74. The van der Waals surface area contributed by atoms with Crippen LogP contribution in [0.25, 0.3) is 0 Å². The minimum absolute atomic E-state index is 0.0635. The molecule has 0 aromatic heterocycles. The van der Waals surface area contributed by atoms with Gasteiger partial charge in [0, 0.05) is 13.1 Å². The van der Waals surface area contributed by atoms with E-state index in [4.69, 9.17) is 9.47 Å². The zero-order chi connectivity index (χ0) is 13.9. The second kappa shape index (κ2) is 5.73. The van der Waals surface area contributed by atoms with Crippen molar-refractivity contribution in [1.82, 2.24) is 4.90 Å². The van der Waals surface area contributed by atoms with Crippen LogP contribution in [0.1, 0.15) is 26.2 Å². The summed E-state index contributed by atoms with van der Waals surface area (Å²) in [5.41, 5.74) is 0. The molecule has 4 heteroatoms. The predicted molar refractivity (Wildman–Crippen MR) is 75.9 cm³/mol. The summed E-state index contributed by atoms with van der Waals surface area (Å²) in [7, 11) is 0. The highest BCUT2D eigenvalue weighted by Gasteiger charge is 2.31. The average molecular weight is 275 g/mol. The van der Waals surface area contributed by atoms with Crippen LogP contribution >= 0.6 is 0 Å². The third-order valence-electron chi connectivity index (χ3n) is 4.11. The molecule has 1 aromatic rings. The smallest absolute Gasteiger partial charge is 0.267 e. The average Bonchev–Trinajstić information content (AvgIpc) is 2.71. The molecule has 1 unspecified atom stereocenters. The predicted octanol–water partition coefficient (Wildman–Crippen LogP) is 2.48. The molecule has 20 heavy (non-hydrogen) atoms. The molecule has 0 N–H and O–H groups in total. The van der Waals surface area contributed by atoms with Gasteiger partial charge < -0.3 is 14.4 Å². The Balaban J connectivity index is 1.66. The number of para-hydroxylation sites is 2. The normalized spacial score (nSPS) is 25.9. The van der Waals surface area contributed by atoms with E-state index in [1.807, 2.05) is 29.2 Å². The Morgan fingerprint density at radius 1 is 1.20 bits per heavy atom. The van der Waals surface area contributed by atoms with Gasteiger partial charge in [-0.2, -0.15) is 0 Å². The SMILES string of the molecule is C[C@@H]1CCCN(C(=O)C2COc3ccccc3O2)CC1. The Morgan fingerprint density at radius 2 is 2.00 bits per heavy atom. The second-order valence-corrected chi connectivity index (χ2v) is 5.73. The Morgan fingerprint density at radius 3 is 2.85 bits per heavy atom. The molecule has 3 rings (SSSR count). The van der Waals surface area contributed by atoms with Gasteiger partial charge in [-0.3, -0.25) is 4.79 Å². The van der Waals surface area contributed by atoms with Gasteiger partial charge in [0.05, 0.1) is 0 Å². The van der Waals surface area contributed by atoms with Crippen LogP contribution in [0.3, 0.4) is 0 Å². The van der Waals surface area contributed by atoms with E-state index in [1.54, 1.807) is 0 Å². The number of amides is 1. The molecule has 0 saturated carbocycles. The van der Waals surface area contributed by atoms with Crippen LogP contribution in [0.5, 0.6) is 11.5 Å². The fourth-order valence-corrected chi connectivity index (χ4v) is 2.83. The van der Waals surface area contributed by atoms with Crippen LogP contribution in [-0.4, -0.2) is 36.6 Å². The number of benzene rings is 1. The summed E-state index contributed by atoms with van der Waals surface area (Å²) in [5.74, 6) is 2.16. The first-order chi connectivity index (χ1) is 9.74. The lowest BCUT2D eigenvalue weighted by Crippen LogP contribution is -2.46. The van der Waals surface area contributed by atoms with Crippen molar-refractivity contribution >= 4 is 5.91 Å². The van der Waals surface area contributed by atoms with Crippen molar-refractivity contribution in [2.24, 2.45) is 5.92 Å². The zero-order valence-electron chi connectivity index (χ0n) is 11.9. The van der Waals surface area contributed by atoms with Crippen molar-refractivity contribution in [3.63, 3.8) is 0 Å². The Labute approximate surface area is 119 Å². The number of likely N-dealkylation sites (tertiary alicyclic amines) is 1. The number of fused-ring (bicyclic) bond motifs is 1. The quantitative estimate of drug-likeness (QED) is 0.790. The van der Waals surface area contributed by atoms with Crippen LogP contribution in [-0.2, 0) is 4.79 Å². The molecule has 2 aliphatic rings. The van der Waals surface area contributed by atoms with E-state index in [-0.39, 0.29) is 5.91 Å². The summed E-state index contributed by atoms with van der Waals surface area (Å²) in [5, 5.41) is 0. The van der Waals surface area contributed by atoms with Gasteiger partial charge in [-0.05, 0) is 37.3 Å². The first kappa shape index (κ1) is 13.3. The molecule has 2 atom stereocenters. The Kier molecular flexibility index (Phi) is 3.81. The number of carbonyl (C=O) groups excluding carboxylic acids is 1. The van der Waals surface area contributed by atoms with E-state index < -0.39 is 6.10 Å². The molecule has 1 fully saturated rings. The van der Waals surface area contributed by atoms with E-state index in [2.05, 4.69) is 6.92 Å². The maximum atomic E-state index is 12.5. The van der Waals surface area contributed by atoms with Crippen LogP contribution < -0.4 is 9.47 Å². The highest BCUT2D eigenvalue weighted by atomic mass is 16.6. The summed E-state index contributed by atoms with van der Waals surface area (Å²) >= 11 is 0. The Bertz CT molecular complexity index is 488. The molecule has 1 amide bonds. The first-order valence-electron chi connectivity index (χ1n) is 7.41. The van der Waals surface area contributed by atoms with Crippen LogP contribution in [0.2, 0.25) is 0 Å². The summed E-state index contributed by atoms with van der Waals surface area (Å²) < 4.78 is 11.4. The van der Waals surface area contributed by atoms with Crippen molar-refractivity contribution in [2.45, 2.75) is 32.3 Å². The number of hydrogen-bond donors (Lipinski definition) is 0. The topological polar surface area (TPSA) is 38.8 Å².